The molecule has 0 unspecified atom stereocenters. The molecule has 3 aliphatic rings. The lowest BCUT2D eigenvalue weighted by Crippen LogP contribution is -2.38. The van der Waals surface area contributed by atoms with Crippen molar-refractivity contribution in [3.63, 3.8) is 0 Å². The second-order valence-corrected chi connectivity index (χ2v) is 10.6. The molecule has 2 aromatic carbocycles. The van der Waals surface area contributed by atoms with Crippen LogP contribution >= 0.6 is 0 Å². The first kappa shape index (κ1) is 29.6. The summed E-state index contributed by atoms with van der Waals surface area (Å²) >= 11 is 0. The Bertz CT molecular complexity index is 1530. The molecule has 2 aromatic rings. The van der Waals surface area contributed by atoms with E-state index in [4.69, 9.17) is 0 Å². The Labute approximate surface area is 245 Å². The van der Waals surface area contributed by atoms with Crippen LogP contribution in [0.1, 0.15) is 56.2 Å². The number of fused-ring (bicyclic) bond motifs is 1. The topological polar surface area (TPSA) is 140 Å². The van der Waals surface area contributed by atoms with Crippen molar-refractivity contribution in [2.24, 2.45) is 11.8 Å². The SMILES string of the molecule is C[C@@H]1C(=O)NC(=O)[C@H]1C(=O)C(NC(=O)C[C@H](NC(=O)/C=C/c1ccc2c(c1)OC(F)(F)O2)c1ccccc1)=C1CCCC1. The third-order valence-corrected chi connectivity index (χ3v) is 7.56. The first-order valence-corrected chi connectivity index (χ1v) is 13.8. The summed E-state index contributed by atoms with van der Waals surface area (Å²) < 4.78 is 35.5. The molecule has 5 rings (SSSR count). The van der Waals surface area contributed by atoms with Crippen molar-refractivity contribution in [2.45, 2.75) is 51.4 Å². The van der Waals surface area contributed by atoms with Gasteiger partial charge in [-0.3, -0.25) is 29.3 Å². The van der Waals surface area contributed by atoms with E-state index in [-0.39, 0.29) is 23.6 Å². The van der Waals surface area contributed by atoms with Crippen LogP contribution < -0.4 is 25.4 Å². The molecule has 2 aliphatic heterocycles. The number of carbonyl (C=O) groups is 5. The molecule has 4 amide bonds. The van der Waals surface area contributed by atoms with Crippen LogP contribution in [0.5, 0.6) is 11.5 Å². The molecule has 1 saturated carbocycles. The predicted octanol–water partition coefficient (Wildman–Crippen LogP) is 3.69. The van der Waals surface area contributed by atoms with Crippen LogP contribution in [0.4, 0.5) is 8.78 Å². The van der Waals surface area contributed by atoms with Gasteiger partial charge in [-0.25, -0.2) is 0 Å². The molecule has 43 heavy (non-hydrogen) atoms. The average molecular weight is 594 g/mol. The van der Waals surface area contributed by atoms with E-state index in [2.05, 4.69) is 25.4 Å². The van der Waals surface area contributed by atoms with Gasteiger partial charge in [-0.15, -0.1) is 8.78 Å². The number of carbonyl (C=O) groups excluding carboxylic acids is 5. The molecular formula is C31H29F2N3O7. The van der Waals surface area contributed by atoms with Crippen LogP contribution in [0.2, 0.25) is 0 Å². The Kier molecular flexibility index (Phi) is 8.38. The van der Waals surface area contributed by atoms with Crippen molar-refractivity contribution >= 4 is 35.5 Å². The lowest BCUT2D eigenvalue weighted by molar-refractivity contribution is -0.286. The largest absolute Gasteiger partial charge is 0.586 e. The predicted molar refractivity (Wildman–Crippen MR) is 148 cm³/mol. The van der Waals surface area contributed by atoms with Gasteiger partial charge < -0.3 is 20.1 Å². The third-order valence-electron chi connectivity index (χ3n) is 7.56. The minimum Gasteiger partial charge on any atom is -0.395 e. The lowest BCUT2D eigenvalue weighted by atomic mass is 9.89. The van der Waals surface area contributed by atoms with Gasteiger partial charge in [-0.2, -0.15) is 0 Å². The molecule has 2 fully saturated rings. The number of ether oxygens (including phenoxy) is 2. The van der Waals surface area contributed by atoms with Crippen molar-refractivity contribution in [1.82, 2.24) is 16.0 Å². The number of imide groups is 1. The van der Waals surface area contributed by atoms with Crippen LogP contribution in [0, 0.1) is 11.8 Å². The molecule has 0 radical (unpaired) electrons. The Hall–Kier alpha value is -4.87. The molecule has 1 aliphatic carbocycles. The zero-order valence-corrected chi connectivity index (χ0v) is 23.2. The summed E-state index contributed by atoms with van der Waals surface area (Å²) in [6.07, 6.45) is 1.41. The molecule has 2 heterocycles. The maximum absolute atomic E-state index is 13.5. The number of nitrogens with one attached hydrogen (secondary N) is 3. The van der Waals surface area contributed by atoms with E-state index >= 15 is 0 Å². The zero-order valence-electron chi connectivity index (χ0n) is 23.2. The average Bonchev–Trinajstić information content (AvgIpc) is 3.67. The number of halogens is 2. The molecule has 0 spiro atoms. The van der Waals surface area contributed by atoms with Gasteiger partial charge in [0.15, 0.2) is 17.3 Å². The number of allylic oxidation sites excluding steroid dienone is 2. The summed E-state index contributed by atoms with van der Waals surface area (Å²) in [6, 6.07) is 12.0. The fourth-order valence-corrected chi connectivity index (χ4v) is 5.34. The molecule has 10 nitrogen and oxygen atoms in total. The quantitative estimate of drug-likeness (QED) is 0.229. The maximum atomic E-state index is 13.5. The van der Waals surface area contributed by atoms with Crippen molar-refractivity contribution in [3.8, 4) is 11.5 Å². The smallest absolute Gasteiger partial charge is 0.395 e. The van der Waals surface area contributed by atoms with Gasteiger partial charge in [0.2, 0.25) is 23.6 Å². The monoisotopic (exact) mass is 593 g/mol. The molecule has 224 valence electrons. The standard InChI is InChI=1S/C31H29F2N3O7/c1-17-26(30(41)36-29(17)40)28(39)27(20-9-5-6-10-20)35-25(38)16-21(19-7-3-2-4-8-19)34-24(37)14-12-18-11-13-22-23(15-18)43-31(32,33)42-22/h2-4,7-8,11-15,17,21,26H,5-6,9-10,16H2,1H3,(H,34,37)(H,35,38)(H,36,40,41)/b14-12+/t17-,21-,26+/m0/s1. The van der Waals surface area contributed by atoms with E-state index in [1.165, 1.54) is 37.3 Å². The highest BCUT2D eigenvalue weighted by Gasteiger charge is 2.45. The summed E-state index contributed by atoms with van der Waals surface area (Å²) in [5.74, 6) is -5.34. The summed E-state index contributed by atoms with van der Waals surface area (Å²) in [7, 11) is 0. The van der Waals surface area contributed by atoms with E-state index in [0.717, 1.165) is 18.4 Å². The second-order valence-electron chi connectivity index (χ2n) is 10.6. The fraction of sp³-hybridized carbons (Fsp3) is 0.323. The van der Waals surface area contributed by atoms with Crippen LogP contribution in [-0.4, -0.2) is 35.7 Å². The Balaban J connectivity index is 1.30. The number of hydrogen-bond acceptors (Lipinski definition) is 7. The second kappa shape index (κ2) is 12.2. The Morgan fingerprint density at radius 3 is 2.40 bits per heavy atom. The highest BCUT2D eigenvalue weighted by Crippen LogP contribution is 2.41. The van der Waals surface area contributed by atoms with Crippen molar-refractivity contribution in [1.29, 1.82) is 0 Å². The van der Waals surface area contributed by atoms with Crippen molar-refractivity contribution in [2.75, 3.05) is 0 Å². The Morgan fingerprint density at radius 2 is 1.72 bits per heavy atom. The Morgan fingerprint density at radius 1 is 1.02 bits per heavy atom. The van der Waals surface area contributed by atoms with E-state index in [1.807, 2.05) is 0 Å². The van der Waals surface area contributed by atoms with E-state index in [1.54, 1.807) is 30.3 Å². The van der Waals surface area contributed by atoms with Gasteiger partial charge in [-0.1, -0.05) is 43.3 Å². The number of Topliss-reactive ketones (excluding diaryl/α,β-unsaturated/α-hetero) is 1. The molecule has 1 saturated heterocycles. The molecule has 0 aromatic heterocycles. The molecule has 12 heteroatoms. The van der Waals surface area contributed by atoms with Crippen LogP contribution in [0.25, 0.3) is 6.08 Å². The number of ketones is 1. The van der Waals surface area contributed by atoms with Crippen LogP contribution in [0.3, 0.4) is 0 Å². The number of amides is 4. The van der Waals surface area contributed by atoms with Crippen LogP contribution in [0.15, 0.2) is 65.9 Å². The molecule has 3 atom stereocenters. The summed E-state index contributed by atoms with van der Waals surface area (Å²) in [5, 5.41) is 7.65. The van der Waals surface area contributed by atoms with Crippen molar-refractivity contribution in [3.05, 3.63) is 77.0 Å². The minimum absolute atomic E-state index is 0.0376. The number of alkyl halides is 2. The molecular weight excluding hydrogens is 564 g/mol. The molecule has 3 N–H and O–H groups in total. The van der Waals surface area contributed by atoms with E-state index < -0.39 is 53.6 Å². The van der Waals surface area contributed by atoms with E-state index in [0.29, 0.717) is 24.0 Å². The summed E-state index contributed by atoms with van der Waals surface area (Å²) in [6.45, 7) is 1.49. The molecule has 0 bridgehead atoms. The maximum Gasteiger partial charge on any atom is 0.586 e. The van der Waals surface area contributed by atoms with Gasteiger partial charge >= 0.3 is 6.29 Å². The van der Waals surface area contributed by atoms with Gasteiger partial charge in [0, 0.05) is 6.08 Å². The summed E-state index contributed by atoms with van der Waals surface area (Å²) in [4.78, 5) is 64.1. The van der Waals surface area contributed by atoms with Gasteiger partial charge in [0.25, 0.3) is 0 Å². The number of benzene rings is 2. The highest BCUT2D eigenvalue weighted by molar-refractivity contribution is 6.20. The van der Waals surface area contributed by atoms with Gasteiger partial charge in [0.05, 0.1) is 24.1 Å². The van der Waals surface area contributed by atoms with Gasteiger partial charge in [-0.05, 0) is 60.6 Å². The van der Waals surface area contributed by atoms with Crippen LogP contribution in [-0.2, 0) is 24.0 Å². The first-order chi connectivity index (χ1) is 20.5. The van der Waals surface area contributed by atoms with Crippen molar-refractivity contribution < 1.29 is 42.2 Å². The summed E-state index contributed by atoms with van der Waals surface area (Å²) in [5.41, 5.74) is 1.79. The minimum atomic E-state index is -3.76. The first-order valence-electron chi connectivity index (χ1n) is 13.8. The van der Waals surface area contributed by atoms with E-state index in [9.17, 15) is 32.8 Å². The lowest BCUT2D eigenvalue weighted by Gasteiger charge is -2.20. The highest BCUT2D eigenvalue weighted by atomic mass is 19.3. The zero-order chi connectivity index (χ0) is 30.7. The normalized spacial score (nSPS) is 21.0. The third kappa shape index (κ3) is 6.79. The fourth-order valence-electron chi connectivity index (χ4n) is 5.34. The van der Waals surface area contributed by atoms with Gasteiger partial charge in [0.1, 0.15) is 5.92 Å². The number of rotatable bonds is 9. The number of hydrogen-bond donors (Lipinski definition) is 3.